The van der Waals surface area contributed by atoms with Crippen molar-refractivity contribution in [2.45, 2.75) is 82.6 Å². The average molecular weight is 614 g/mol. The second-order valence-corrected chi connectivity index (χ2v) is 12.0. The van der Waals surface area contributed by atoms with Crippen LogP contribution in [0, 0.1) is 5.92 Å². The highest BCUT2D eigenvalue weighted by molar-refractivity contribution is 6.06. The number of imide groups is 1. The van der Waals surface area contributed by atoms with Crippen LogP contribution < -0.4 is 16.7 Å². The van der Waals surface area contributed by atoms with Gasteiger partial charge in [-0.15, -0.1) is 0 Å². The van der Waals surface area contributed by atoms with Gasteiger partial charge in [-0.1, -0.05) is 25.3 Å². The van der Waals surface area contributed by atoms with E-state index in [1.54, 1.807) is 30.1 Å². The van der Waals surface area contributed by atoms with Crippen molar-refractivity contribution in [3.8, 4) is 0 Å². The standard InChI is InChI=1S/C30H37F2N7O5/c1-36-25-19(8-5-9-21(25)39(30(36)43)22-10-11-23(40)34-27(22)41)28(42)37-14-12-18(13-15-37)44-29(17-6-3-2-4-7-17)38-16-20(33)24(35-38)26(31)32/h5,8-9,16-18,22,26,29H,2-4,6-7,10-15,33H2,1H3,(H,34,40,41). The number of carbonyl (C=O) groups is 3. The molecule has 3 amide bonds. The van der Waals surface area contributed by atoms with Gasteiger partial charge < -0.3 is 15.4 Å². The van der Waals surface area contributed by atoms with Gasteiger partial charge in [0.2, 0.25) is 11.8 Å². The average Bonchev–Trinajstić information content (AvgIpc) is 3.53. The van der Waals surface area contributed by atoms with E-state index in [0.29, 0.717) is 42.5 Å². The Morgan fingerprint density at radius 2 is 1.80 bits per heavy atom. The van der Waals surface area contributed by atoms with Gasteiger partial charge in [0.15, 0.2) is 11.9 Å². The Morgan fingerprint density at radius 1 is 1.07 bits per heavy atom. The number of hydrogen-bond donors (Lipinski definition) is 2. The molecule has 4 heterocycles. The number of amides is 3. The number of benzene rings is 1. The maximum Gasteiger partial charge on any atom is 0.329 e. The number of alkyl halides is 2. The first-order valence-electron chi connectivity index (χ1n) is 15.2. The molecule has 12 nitrogen and oxygen atoms in total. The van der Waals surface area contributed by atoms with E-state index in [1.165, 1.54) is 20.0 Å². The van der Waals surface area contributed by atoms with Crippen molar-refractivity contribution >= 4 is 34.4 Å². The number of hydrogen-bond acceptors (Lipinski definition) is 7. The molecule has 3 aliphatic rings. The minimum atomic E-state index is -2.78. The molecular weight excluding hydrogens is 576 g/mol. The largest absolute Gasteiger partial charge is 0.396 e. The Bertz CT molecular complexity index is 1630. The molecule has 3 fully saturated rings. The van der Waals surface area contributed by atoms with Crippen LogP contribution in [-0.4, -0.2) is 60.7 Å². The van der Waals surface area contributed by atoms with Crippen LogP contribution >= 0.6 is 0 Å². The second-order valence-electron chi connectivity index (χ2n) is 12.0. The predicted octanol–water partition coefficient (Wildman–Crippen LogP) is 3.43. The minimum Gasteiger partial charge on any atom is -0.396 e. The van der Waals surface area contributed by atoms with E-state index in [4.69, 9.17) is 10.5 Å². The third-order valence-corrected chi connectivity index (χ3v) is 9.23. The van der Waals surface area contributed by atoms with Crippen LogP contribution in [0.5, 0.6) is 0 Å². The van der Waals surface area contributed by atoms with E-state index in [9.17, 15) is 28.0 Å². The van der Waals surface area contributed by atoms with Gasteiger partial charge >= 0.3 is 5.69 Å². The quantitative estimate of drug-likeness (QED) is 0.388. The molecule has 1 aromatic carbocycles. The topological polar surface area (TPSA) is 146 Å². The summed E-state index contributed by atoms with van der Waals surface area (Å²) in [7, 11) is 1.57. The van der Waals surface area contributed by atoms with Crippen molar-refractivity contribution in [3.63, 3.8) is 0 Å². The number of piperidine rings is 2. The Kier molecular flexibility index (Phi) is 8.27. The van der Waals surface area contributed by atoms with E-state index < -0.39 is 36.0 Å². The fourth-order valence-corrected chi connectivity index (χ4v) is 6.93. The first-order chi connectivity index (χ1) is 21.1. The minimum absolute atomic E-state index is 0.0557. The molecule has 6 rings (SSSR count). The number of aryl methyl sites for hydroxylation is 1. The highest BCUT2D eigenvalue weighted by Gasteiger charge is 2.35. The van der Waals surface area contributed by atoms with Gasteiger partial charge in [-0.2, -0.15) is 5.10 Å². The number of nitrogens with two attached hydrogens (primary N) is 1. The van der Waals surface area contributed by atoms with Crippen LogP contribution in [0.15, 0.2) is 29.2 Å². The smallest absolute Gasteiger partial charge is 0.329 e. The van der Waals surface area contributed by atoms with Gasteiger partial charge in [0.05, 0.1) is 34.6 Å². The Hall–Kier alpha value is -4.07. The third-order valence-electron chi connectivity index (χ3n) is 9.23. The first-order valence-corrected chi connectivity index (χ1v) is 15.2. The van der Waals surface area contributed by atoms with Crippen LogP contribution in [0.4, 0.5) is 14.5 Å². The fourth-order valence-electron chi connectivity index (χ4n) is 6.93. The van der Waals surface area contributed by atoms with E-state index in [1.807, 2.05) is 0 Å². The number of carbonyl (C=O) groups excluding carboxylic acids is 3. The van der Waals surface area contributed by atoms with E-state index in [-0.39, 0.29) is 42.4 Å². The number of ether oxygens (including phenoxy) is 1. The zero-order chi connectivity index (χ0) is 31.1. The zero-order valence-electron chi connectivity index (χ0n) is 24.6. The van der Waals surface area contributed by atoms with E-state index >= 15 is 0 Å². The SMILES string of the molecule is Cn1c(=O)n(C2CCC(=O)NC2=O)c2cccc(C(=O)N3CCC(OC(C4CCCCC4)n4cc(N)c(C(F)F)n4)CC3)c21. The summed E-state index contributed by atoms with van der Waals surface area (Å²) in [5, 5.41) is 6.40. The number of rotatable bonds is 7. The number of nitrogens with one attached hydrogen (secondary N) is 1. The van der Waals surface area contributed by atoms with Crippen molar-refractivity contribution in [1.82, 2.24) is 29.1 Å². The normalized spacial score (nSPS) is 21.3. The monoisotopic (exact) mass is 613 g/mol. The molecule has 44 heavy (non-hydrogen) atoms. The summed E-state index contributed by atoms with van der Waals surface area (Å²) in [5.74, 6) is -1.03. The number of aromatic nitrogens is 4. The lowest BCUT2D eigenvalue weighted by Crippen LogP contribution is -2.44. The van der Waals surface area contributed by atoms with Gasteiger partial charge in [0, 0.05) is 32.5 Å². The number of nitrogens with zero attached hydrogens (tertiary/aromatic N) is 5. The molecule has 0 bridgehead atoms. The molecule has 14 heteroatoms. The van der Waals surface area contributed by atoms with Crippen LogP contribution in [0.1, 0.15) is 92.5 Å². The summed E-state index contributed by atoms with van der Waals surface area (Å²) >= 11 is 0. The Balaban J connectivity index is 1.19. The molecule has 2 aliphatic heterocycles. The summed E-state index contributed by atoms with van der Waals surface area (Å²) in [6.07, 6.45) is 4.36. The highest BCUT2D eigenvalue weighted by Crippen LogP contribution is 2.37. The third kappa shape index (κ3) is 5.51. The molecule has 1 saturated carbocycles. The number of imidazole rings is 1. The molecule has 2 aromatic heterocycles. The van der Waals surface area contributed by atoms with Crippen LogP contribution in [0.25, 0.3) is 11.0 Å². The molecule has 1 aliphatic carbocycles. The first kappa shape index (κ1) is 30.0. The van der Waals surface area contributed by atoms with Gasteiger partial charge in [-0.05, 0) is 44.2 Å². The summed E-state index contributed by atoms with van der Waals surface area (Å²) < 4.78 is 37.6. The zero-order valence-corrected chi connectivity index (χ0v) is 24.6. The van der Waals surface area contributed by atoms with E-state index in [2.05, 4.69) is 10.4 Å². The van der Waals surface area contributed by atoms with Gasteiger partial charge in [-0.25, -0.2) is 18.3 Å². The maximum atomic E-state index is 13.8. The predicted molar refractivity (Wildman–Crippen MR) is 156 cm³/mol. The van der Waals surface area contributed by atoms with Crippen molar-refractivity contribution < 1.29 is 27.9 Å². The molecule has 0 radical (unpaired) electrons. The molecule has 3 aromatic rings. The van der Waals surface area contributed by atoms with Gasteiger partial charge in [0.1, 0.15) is 6.04 Å². The van der Waals surface area contributed by atoms with E-state index in [0.717, 1.165) is 32.1 Å². The molecule has 236 valence electrons. The molecule has 3 N–H and O–H groups in total. The molecular formula is C30H37F2N7O5. The Labute approximate surface area is 252 Å². The summed E-state index contributed by atoms with van der Waals surface area (Å²) in [6.45, 7) is 0.811. The summed E-state index contributed by atoms with van der Waals surface area (Å²) in [6, 6.07) is 4.21. The number of para-hydroxylation sites is 1. The van der Waals surface area contributed by atoms with Gasteiger partial charge in [-0.3, -0.25) is 28.8 Å². The number of halogens is 2. The fraction of sp³-hybridized carbons (Fsp3) is 0.567. The lowest BCUT2D eigenvalue weighted by atomic mass is 9.87. The number of anilines is 1. The van der Waals surface area contributed by atoms with Crippen molar-refractivity contribution in [3.05, 3.63) is 46.1 Å². The lowest BCUT2D eigenvalue weighted by molar-refractivity contribution is -0.135. The van der Waals surface area contributed by atoms with Crippen molar-refractivity contribution in [2.75, 3.05) is 18.8 Å². The molecule has 2 atom stereocenters. The van der Waals surface area contributed by atoms with Crippen molar-refractivity contribution in [1.29, 1.82) is 0 Å². The second kappa shape index (κ2) is 12.1. The van der Waals surface area contributed by atoms with Crippen LogP contribution in [-0.2, 0) is 21.4 Å². The summed E-state index contributed by atoms with van der Waals surface area (Å²) in [4.78, 5) is 53.1. The number of nitrogen functional groups attached to an aromatic ring is 1. The molecule has 2 unspecified atom stereocenters. The van der Waals surface area contributed by atoms with Crippen LogP contribution in [0.3, 0.4) is 0 Å². The molecule has 0 spiro atoms. The lowest BCUT2D eigenvalue weighted by Gasteiger charge is -2.37. The summed E-state index contributed by atoms with van der Waals surface area (Å²) in [5.41, 5.74) is 6.13. The Morgan fingerprint density at radius 3 is 2.45 bits per heavy atom. The number of fused-ring (bicyclic) bond motifs is 1. The molecule has 2 saturated heterocycles. The number of likely N-dealkylation sites (tertiary alicyclic amines) is 1. The maximum absolute atomic E-state index is 13.8. The van der Waals surface area contributed by atoms with Crippen molar-refractivity contribution in [2.24, 2.45) is 13.0 Å². The van der Waals surface area contributed by atoms with Gasteiger partial charge in [0.25, 0.3) is 12.3 Å². The van der Waals surface area contributed by atoms with Crippen LogP contribution in [0.2, 0.25) is 0 Å². The highest BCUT2D eigenvalue weighted by atomic mass is 19.3.